The lowest BCUT2D eigenvalue weighted by Gasteiger charge is -2.29. The molecule has 1 aliphatic rings. The Morgan fingerprint density at radius 2 is 1.70 bits per heavy atom. The summed E-state index contributed by atoms with van der Waals surface area (Å²) in [5.41, 5.74) is 3.49. The number of nitrogens with one attached hydrogen (secondary N) is 1. The van der Waals surface area contributed by atoms with Gasteiger partial charge in [0.1, 0.15) is 0 Å². The van der Waals surface area contributed by atoms with Crippen molar-refractivity contribution in [3.8, 4) is 0 Å². The van der Waals surface area contributed by atoms with E-state index in [-0.39, 0.29) is 18.5 Å². The van der Waals surface area contributed by atoms with Crippen LogP contribution in [0.4, 0.5) is 0 Å². The molecule has 3 rings (SSSR count). The topological polar surface area (TPSA) is 69.7 Å². The van der Waals surface area contributed by atoms with E-state index in [2.05, 4.69) is 17.4 Å². The van der Waals surface area contributed by atoms with Crippen molar-refractivity contribution in [1.82, 2.24) is 14.5 Å². The molecule has 7 heteroatoms. The minimum absolute atomic E-state index is 0.0590. The van der Waals surface area contributed by atoms with Gasteiger partial charge >= 0.3 is 0 Å². The number of carbonyl (C=O) groups excluding carboxylic acids is 1. The number of rotatable bonds is 8. The van der Waals surface area contributed by atoms with Gasteiger partial charge in [-0.15, -0.1) is 0 Å². The maximum atomic E-state index is 12.6. The number of hydrogen-bond donors (Lipinski definition) is 1. The third-order valence-corrected chi connectivity index (χ3v) is 7.83. The second-order valence-electron chi connectivity index (χ2n) is 7.59. The fraction of sp³-hybridized carbons (Fsp3) is 0.435. The van der Waals surface area contributed by atoms with Gasteiger partial charge in [-0.3, -0.25) is 4.79 Å². The monoisotopic (exact) mass is 429 g/mol. The Morgan fingerprint density at radius 3 is 2.33 bits per heavy atom. The summed E-state index contributed by atoms with van der Waals surface area (Å²) in [6.07, 6.45) is 0.889. The van der Waals surface area contributed by atoms with E-state index in [0.29, 0.717) is 24.5 Å². The lowest BCUT2D eigenvalue weighted by Crippen LogP contribution is -2.41. The molecule has 1 aliphatic heterocycles. The first-order valence-corrected chi connectivity index (χ1v) is 12.0. The van der Waals surface area contributed by atoms with Crippen LogP contribution in [0.3, 0.4) is 0 Å². The lowest BCUT2D eigenvalue weighted by atomic mass is 10.00. The van der Waals surface area contributed by atoms with Gasteiger partial charge in [0.15, 0.2) is 0 Å². The summed E-state index contributed by atoms with van der Waals surface area (Å²) < 4.78 is 26.7. The lowest BCUT2D eigenvalue weighted by molar-refractivity contribution is -0.131. The molecule has 0 radical (unpaired) electrons. The molecule has 1 N–H and O–H groups in total. The number of amides is 1. The Bertz CT molecular complexity index is 969. The van der Waals surface area contributed by atoms with Crippen LogP contribution in [0, 0.1) is 0 Å². The van der Waals surface area contributed by atoms with Crippen LogP contribution in [0.25, 0.3) is 0 Å². The molecular weight excluding hydrogens is 398 g/mol. The summed E-state index contributed by atoms with van der Waals surface area (Å²) >= 11 is 0. The van der Waals surface area contributed by atoms with Crippen molar-refractivity contribution in [2.75, 3.05) is 26.2 Å². The molecular formula is C23H31N3O3S. The molecule has 1 amide bonds. The van der Waals surface area contributed by atoms with Crippen molar-refractivity contribution >= 4 is 15.9 Å². The van der Waals surface area contributed by atoms with Crippen LogP contribution in [0.1, 0.15) is 43.5 Å². The Morgan fingerprint density at radius 1 is 1.07 bits per heavy atom. The minimum Gasteiger partial charge on any atom is -0.337 e. The molecule has 1 atom stereocenters. The zero-order valence-corrected chi connectivity index (χ0v) is 18.8. The Balaban J connectivity index is 1.57. The van der Waals surface area contributed by atoms with Gasteiger partial charge in [0.05, 0.1) is 11.4 Å². The molecule has 0 aromatic heterocycles. The second kappa shape index (κ2) is 9.73. The van der Waals surface area contributed by atoms with E-state index in [1.165, 1.54) is 15.4 Å². The van der Waals surface area contributed by atoms with Gasteiger partial charge in [0.25, 0.3) is 0 Å². The van der Waals surface area contributed by atoms with E-state index in [4.69, 9.17) is 0 Å². The molecule has 0 aliphatic carbocycles. The van der Waals surface area contributed by atoms with Gasteiger partial charge < -0.3 is 10.2 Å². The number of sulfonamides is 1. The highest BCUT2D eigenvalue weighted by molar-refractivity contribution is 7.89. The third kappa shape index (κ3) is 4.91. The van der Waals surface area contributed by atoms with Crippen LogP contribution in [0.15, 0.2) is 53.4 Å². The van der Waals surface area contributed by atoms with Crippen molar-refractivity contribution in [2.45, 2.75) is 44.7 Å². The summed E-state index contributed by atoms with van der Waals surface area (Å²) in [4.78, 5) is 14.8. The molecule has 0 unspecified atom stereocenters. The zero-order chi connectivity index (χ0) is 21.7. The van der Waals surface area contributed by atoms with E-state index in [1.54, 1.807) is 12.1 Å². The smallest absolute Gasteiger partial charge is 0.243 e. The fourth-order valence-electron chi connectivity index (χ4n) is 3.82. The second-order valence-corrected chi connectivity index (χ2v) is 9.53. The standard InChI is InChI=1S/C23H31N3O3S/c1-4-26(5-2)30(28,29)22-12-10-19(11-13-22)18(3)24-16-23(27)25-15-14-20-8-6-7-9-21(20)17-25/h6-13,18,24H,4-5,14-17H2,1-3H3/t18-/m1/s1. The van der Waals surface area contributed by atoms with Gasteiger partial charge in [-0.25, -0.2) is 8.42 Å². The molecule has 0 fully saturated rings. The van der Waals surface area contributed by atoms with E-state index >= 15 is 0 Å². The predicted molar refractivity (Wildman–Crippen MR) is 119 cm³/mol. The van der Waals surface area contributed by atoms with Crippen LogP contribution in [0.5, 0.6) is 0 Å². The van der Waals surface area contributed by atoms with Gasteiger partial charge in [-0.1, -0.05) is 50.2 Å². The van der Waals surface area contributed by atoms with Crippen molar-refractivity contribution in [3.05, 3.63) is 65.2 Å². The Kier molecular flexibility index (Phi) is 7.28. The number of hydrogen-bond acceptors (Lipinski definition) is 4. The molecule has 6 nitrogen and oxygen atoms in total. The molecule has 0 spiro atoms. The van der Waals surface area contributed by atoms with Crippen molar-refractivity contribution in [2.24, 2.45) is 0 Å². The molecule has 0 bridgehead atoms. The highest BCUT2D eigenvalue weighted by Gasteiger charge is 2.22. The maximum absolute atomic E-state index is 12.6. The first kappa shape index (κ1) is 22.5. The van der Waals surface area contributed by atoms with Crippen molar-refractivity contribution < 1.29 is 13.2 Å². The number of benzene rings is 2. The van der Waals surface area contributed by atoms with Gasteiger partial charge in [-0.2, -0.15) is 4.31 Å². The van der Waals surface area contributed by atoms with E-state index in [0.717, 1.165) is 18.5 Å². The molecule has 30 heavy (non-hydrogen) atoms. The zero-order valence-electron chi connectivity index (χ0n) is 18.0. The Labute approximate surface area is 179 Å². The summed E-state index contributed by atoms with van der Waals surface area (Å²) in [7, 11) is -3.46. The molecule has 2 aromatic carbocycles. The van der Waals surface area contributed by atoms with E-state index in [1.807, 2.05) is 49.9 Å². The predicted octanol–water partition coefficient (Wildman–Crippen LogP) is 2.95. The highest BCUT2D eigenvalue weighted by Crippen LogP contribution is 2.20. The molecule has 2 aromatic rings. The van der Waals surface area contributed by atoms with Crippen molar-refractivity contribution in [1.29, 1.82) is 0 Å². The fourth-order valence-corrected chi connectivity index (χ4v) is 5.28. The number of fused-ring (bicyclic) bond motifs is 1. The summed E-state index contributed by atoms with van der Waals surface area (Å²) in [6.45, 7) is 8.18. The molecule has 0 saturated heterocycles. The SMILES string of the molecule is CCN(CC)S(=O)(=O)c1ccc([C@@H](C)NCC(=O)N2CCc3ccccc3C2)cc1. The van der Waals surface area contributed by atoms with Gasteiger partial charge in [0, 0.05) is 32.2 Å². The molecule has 162 valence electrons. The highest BCUT2D eigenvalue weighted by atomic mass is 32.2. The summed E-state index contributed by atoms with van der Waals surface area (Å²) in [5.74, 6) is 0.0806. The summed E-state index contributed by atoms with van der Waals surface area (Å²) in [6, 6.07) is 15.1. The maximum Gasteiger partial charge on any atom is 0.243 e. The number of carbonyl (C=O) groups is 1. The van der Waals surface area contributed by atoms with Crippen molar-refractivity contribution in [3.63, 3.8) is 0 Å². The summed E-state index contributed by atoms with van der Waals surface area (Å²) in [5, 5.41) is 3.27. The molecule has 1 heterocycles. The largest absolute Gasteiger partial charge is 0.337 e. The third-order valence-electron chi connectivity index (χ3n) is 5.77. The van der Waals surface area contributed by atoms with Gasteiger partial charge in [0.2, 0.25) is 15.9 Å². The number of nitrogens with zero attached hydrogens (tertiary/aromatic N) is 2. The van der Waals surface area contributed by atoms with Crippen LogP contribution in [-0.4, -0.2) is 49.7 Å². The average Bonchev–Trinajstić information content (AvgIpc) is 2.77. The van der Waals surface area contributed by atoms with E-state index < -0.39 is 10.0 Å². The van der Waals surface area contributed by atoms with Crippen LogP contribution in [0.2, 0.25) is 0 Å². The Hall–Kier alpha value is -2.22. The first-order chi connectivity index (χ1) is 14.4. The first-order valence-electron chi connectivity index (χ1n) is 10.5. The van der Waals surface area contributed by atoms with Gasteiger partial charge in [-0.05, 0) is 42.2 Å². The minimum atomic E-state index is -3.46. The van der Waals surface area contributed by atoms with Crippen LogP contribution in [-0.2, 0) is 27.8 Å². The molecule has 0 saturated carbocycles. The normalized spacial score (nSPS) is 15.1. The van der Waals surface area contributed by atoms with Crippen LogP contribution >= 0.6 is 0 Å². The quantitative estimate of drug-likeness (QED) is 0.700. The van der Waals surface area contributed by atoms with Crippen LogP contribution < -0.4 is 5.32 Å². The van der Waals surface area contributed by atoms with E-state index in [9.17, 15) is 13.2 Å². The average molecular weight is 430 g/mol.